The molecule has 0 aromatic carbocycles. The lowest BCUT2D eigenvalue weighted by Gasteiger charge is -2.33. The van der Waals surface area contributed by atoms with E-state index in [9.17, 15) is 0 Å². The smallest absolute Gasteiger partial charge is 0.140 e. The second kappa shape index (κ2) is 6.52. The van der Waals surface area contributed by atoms with Gasteiger partial charge in [-0.25, -0.2) is 0 Å². The van der Waals surface area contributed by atoms with Gasteiger partial charge in [-0.1, -0.05) is 0 Å². The number of hydrogen-bond donors (Lipinski definition) is 0. The molecule has 0 aliphatic carbocycles. The highest BCUT2D eigenvalue weighted by molar-refractivity contribution is 4.83. The van der Waals surface area contributed by atoms with E-state index in [-0.39, 0.29) is 12.4 Å². The molecular weight excluding hydrogens is 158 g/mol. The minimum atomic E-state index is 0. The van der Waals surface area contributed by atoms with Crippen LogP contribution in [0.15, 0.2) is 0 Å². The SMILES string of the molecule is C#CC[N+](CC)(CC)CC.[Cl-]. The average Bonchev–Trinajstić information content (AvgIpc) is 2.01. The molecule has 66 valence electrons. The van der Waals surface area contributed by atoms with E-state index in [1.807, 2.05) is 0 Å². The van der Waals surface area contributed by atoms with E-state index in [0.29, 0.717) is 0 Å². The van der Waals surface area contributed by atoms with Crippen molar-refractivity contribution < 1.29 is 16.9 Å². The Bertz CT molecular complexity index is 114. The van der Waals surface area contributed by atoms with Crippen LogP contribution in [-0.4, -0.2) is 30.7 Å². The van der Waals surface area contributed by atoms with E-state index in [1.165, 1.54) is 0 Å². The van der Waals surface area contributed by atoms with Crippen LogP contribution in [0.4, 0.5) is 0 Å². The summed E-state index contributed by atoms with van der Waals surface area (Å²) in [7, 11) is 0. The highest BCUT2D eigenvalue weighted by Gasteiger charge is 2.17. The van der Waals surface area contributed by atoms with E-state index in [4.69, 9.17) is 6.42 Å². The highest BCUT2D eigenvalue weighted by atomic mass is 35.5. The number of quaternary nitrogens is 1. The molecule has 0 saturated carbocycles. The summed E-state index contributed by atoms with van der Waals surface area (Å²) in [6.07, 6.45) is 5.28. The molecule has 0 spiro atoms. The average molecular weight is 176 g/mol. The van der Waals surface area contributed by atoms with Crippen LogP contribution in [0, 0.1) is 12.3 Å². The van der Waals surface area contributed by atoms with Gasteiger partial charge in [0.05, 0.1) is 19.6 Å². The van der Waals surface area contributed by atoms with Gasteiger partial charge < -0.3 is 16.9 Å². The Balaban J connectivity index is 0. The van der Waals surface area contributed by atoms with Gasteiger partial charge in [-0.15, -0.1) is 6.42 Å². The predicted molar refractivity (Wildman–Crippen MR) is 45.6 cm³/mol. The van der Waals surface area contributed by atoms with Gasteiger partial charge in [0, 0.05) is 0 Å². The quantitative estimate of drug-likeness (QED) is 0.361. The zero-order chi connectivity index (χ0) is 8.04. The highest BCUT2D eigenvalue weighted by Crippen LogP contribution is 2.03. The standard InChI is InChI=1S/C9H18N.ClH/c1-5-9-10(6-2,7-3)8-4;/h1H,6-9H2,2-4H3;1H/q+1;/p-1. The fourth-order valence-electron chi connectivity index (χ4n) is 1.20. The summed E-state index contributed by atoms with van der Waals surface area (Å²) in [4.78, 5) is 0. The van der Waals surface area contributed by atoms with Crippen LogP contribution in [0.25, 0.3) is 0 Å². The minimum Gasteiger partial charge on any atom is -1.00 e. The summed E-state index contributed by atoms with van der Waals surface area (Å²) in [5.74, 6) is 2.73. The molecule has 2 heteroatoms. The molecule has 0 aliphatic rings. The second-order valence-corrected chi connectivity index (χ2v) is 2.65. The zero-order valence-electron chi connectivity index (χ0n) is 7.73. The molecule has 0 radical (unpaired) electrons. The van der Waals surface area contributed by atoms with Crippen molar-refractivity contribution in [3.05, 3.63) is 0 Å². The number of hydrogen-bond acceptors (Lipinski definition) is 0. The third-order valence-electron chi connectivity index (χ3n) is 2.44. The van der Waals surface area contributed by atoms with E-state index in [1.54, 1.807) is 0 Å². The topological polar surface area (TPSA) is 0 Å². The van der Waals surface area contributed by atoms with E-state index in [0.717, 1.165) is 30.7 Å². The summed E-state index contributed by atoms with van der Waals surface area (Å²) in [5, 5.41) is 0. The normalized spacial score (nSPS) is 10.0. The summed E-state index contributed by atoms with van der Waals surface area (Å²) in [5.41, 5.74) is 0. The van der Waals surface area contributed by atoms with Crippen LogP contribution in [0.1, 0.15) is 20.8 Å². The van der Waals surface area contributed by atoms with Crippen molar-refractivity contribution >= 4 is 0 Å². The van der Waals surface area contributed by atoms with Crippen molar-refractivity contribution in [2.45, 2.75) is 20.8 Å². The maximum absolute atomic E-state index is 5.28. The third kappa shape index (κ3) is 3.65. The molecule has 0 bridgehead atoms. The Morgan fingerprint density at radius 2 is 1.45 bits per heavy atom. The number of terminal acetylenes is 1. The molecule has 0 atom stereocenters. The van der Waals surface area contributed by atoms with Crippen LogP contribution in [0.5, 0.6) is 0 Å². The van der Waals surface area contributed by atoms with Crippen LogP contribution in [-0.2, 0) is 0 Å². The van der Waals surface area contributed by atoms with Gasteiger partial charge in [-0.05, 0) is 26.7 Å². The van der Waals surface area contributed by atoms with E-state index < -0.39 is 0 Å². The number of halogens is 1. The van der Waals surface area contributed by atoms with Gasteiger partial charge in [-0.2, -0.15) is 0 Å². The summed E-state index contributed by atoms with van der Waals surface area (Å²) in [6.45, 7) is 10.9. The van der Waals surface area contributed by atoms with Crippen molar-refractivity contribution in [1.82, 2.24) is 0 Å². The molecule has 0 rings (SSSR count). The first kappa shape index (κ1) is 13.4. The summed E-state index contributed by atoms with van der Waals surface area (Å²) in [6, 6.07) is 0. The number of nitrogens with zero attached hydrogens (tertiary/aromatic N) is 1. The summed E-state index contributed by atoms with van der Waals surface area (Å²) < 4.78 is 1.07. The van der Waals surface area contributed by atoms with Crippen molar-refractivity contribution in [3.8, 4) is 12.3 Å². The zero-order valence-corrected chi connectivity index (χ0v) is 8.49. The predicted octanol–water partition coefficient (Wildman–Crippen LogP) is -1.50. The molecule has 1 nitrogen and oxygen atoms in total. The number of rotatable bonds is 4. The molecule has 11 heavy (non-hydrogen) atoms. The first-order valence-electron chi connectivity index (χ1n) is 4.03. The van der Waals surface area contributed by atoms with E-state index >= 15 is 0 Å². The maximum atomic E-state index is 5.28. The molecule has 0 aliphatic heterocycles. The third-order valence-corrected chi connectivity index (χ3v) is 2.44. The fraction of sp³-hybridized carbons (Fsp3) is 0.778. The first-order chi connectivity index (χ1) is 4.74. The molecule has 0 N–H and O–H groups in total. The Labute approximate surface area is 76.8 Å². The molecule has 0 heterocycles. The first-order valence-corrected chi connectivity index (χ1v) is 4.03. The van der Waals surface area contributed by atoms with Gasteiger partial charge in [0.1, 0.15) is 6.54 Å². The molecule has 0 amide bonds. The Hall–Kier alpha value is -0.190. The molecule has 0 unspecified atom stereocenters. The lowest BCUT2D eigenvalue weighted by Crippen LogP contribution is -3.00. The molecular formula is C9H18ClN. The molecule has 0 aromatic rings. The summed E-state index contributed by atoms with van der Waals surface area (Å²) >= 11 is 0. The van der Waals surface area contributed by atoms with Gasteiger partial charge >= 0.3 is 0 Å². The van der Waals surface area contributed by atoms with Crippen molar-refractivity contribution in [1.29, 1.82) is 0 Å². The van der Waals surface area contributed by atoms with Crippen molar-refractivity contribution in [2.24, 2.45) is 0 Å². The van der Waals surface area contributed by atoms with Crippen LogP contribution >= 0.6 is 0 Å². The Kier molecular flexibility index (Phi) is 7.94. The second-order valence-electron chi connectivity index (χ2n) is 2.65. The molecule has 0 fully saturated rings. The fourth-order valence-corrected chi connectivity index (χ4v) is 1.20. The van der Waals surface area contributed by atoms with E-state index in [2.05, 4.69) is 26.7 Å². The van der Waals surface area contributed by atoms with Crippen LogP contribution in [0.2, 0.25) is 0 Å². The van der Waals surface area contributed by atoms with Gasteiger partial charge in [0.25, 0.3) is 0 Å². The monoisotopic (exact) mass is 175 g/mol. The lowest BCUT2D eigenvalue weighted by molar-refractivity contribution is -0.916. The molecule has 0 aromatic heterocycles. The van der Waals surface area contributed by atoms with Gasteiger partial charge in [0.2, 0.25) is 0 Å². The van der Waals surface area contributed by atoms with Crippen LogP contribution in [0.3, 0.4) is 0 Å². The van der Waals surface area contributed by atoms with Gasteiger partial charge in [0.15, 0.2) is 0 Å². The Morgan fingerprint density at radius 1 is 1.09 bits per heavy atom. The Morgan fingerprint density at radius 3 is 1.55 bits per heavy atom. The van der Waals surface area contributed by atoms with Crippen LogP contribution < -0.4 is 12.4 Å². The van der Waals surface area contributed by atoms with Gasteiger partial charge in [-0.3, -0.25) is 0 Å². The largest absolute Gasteiger partial charge is 1.00 e. The maximum Gasteiger partial charge on any atom is 0.140 e. The van der Waals surface area contributed by atoms with Crippen molar-refractivity contribution in [3.63, 3.8) is 0 Å². The molecule has 0 saturated heterocycles. The minimum absolute atomic E-state index is 0. The van der Waals surface area contributed by atoms with Crippen molar-refractivity contribution in [2.75, 3.05) is 26.2 Å². The lowest BCUT2D eigenvalue weighted by atomic mass is 10.3.